The molecular formula is C48H42F6N12O2. The summed E-state index contributed by atoms with van der Waals surface area (Å²) in [5.74, 6) is -4.30. The van der Waals surface area contributed by atoms with Crippen LogP contribution in [0, 0.1) is 48.8 Å². The summed E-state index contributed by atoms with van der Waals surface area (Å²) in [5, 5.41) is 8.91. The van der Waals surface area contributed by atoms with Crippen molar-refractivity contribution < 1.29 is 35.8 Å². The third-order valence-electron chi connectivity index (χ3n) is 11.5. The maximum Gasteiger partial charge on any atom is 0.238 e. The molecule has 0 unspecified atom stereocenters. The number of aryl methyl sites for hydroxylation is 4. The number of ether oxygens (including phenoxy) is 2. The van der Waals surface area contributed by atoms with Gasteiger partial charge in [0.05, 0.1) is 49.6 Å². The minimum Gasteiger partial charge on any atom is -0.479 e. The summed E-state index contributed by atoms with van der Waals surface area (Å²) in [5.41, 5.74) is 4.14. The highest BCUT2D eigenvalue weighted by atomic mass is 19.2. The van der Waals surface area contributed by atoms with Crippen LogP contribution in [0.15, 0.2) is 73.6 Å². The summed E-state index contributed by atoms with van der Waals surface area (Å²) < 4.78 is 102. The molecule has 0 aliphatic carbocycles. The Morgan fingerprint density at radius 3 is 1.29 bits per heavy atom. The van der Waals surface area contributed by atoms with E-state index in [1.807, 2.05) is 59.6 Å². The lowest BCUT2D eigenvalue weighted by Gasteiger charge is -2.23. The van der Waals surface area contributed by atoms with Crippen LogP contribution in [0.25, 0.3) is 35.7 Å². The van der Waals surface area contributed by atoms with Crippen molar-refractivity contribution in [3.63, 3.8) is 0 Å². The van der Waals surface area contributed by atoms with Crippen molar-refractivity contribution in [3.8, 4) is 23.1 Å². The van der Waals surface area contributed by atoms with Gasteiger partial charge in [0.1, 0.15) is 57.9 Å². The summed E-state index contributed by atoms with van der Waals surface area (Å²) in [7, 11) is 3.09. The van der Waals surface area contributed by atoms with E-state index >= 15 is 0 Å². The van der Waals surface area contributed by atoms with E-state index in [9.17, 15) is 26.3 Å². The molecule has 2 aromatic carbocycles. The molecule has 0 saturated carbocycles. The molecule has 348 valence electrons. The van der Waals surface area contributed by atoms with Crippen molar-refractivity contribution in [2.75, 3.05) is 14.2 Å². The van der Waals surface area contributed by atoms with Gasteiger partial charge >= 0.3 is 0 Å². The summed E-state index contributed by atoms with van der Waals surface area (Å²) in [6.07, 6.45) is 16.3. The zero-order chi connectivity index (χ0) is 47.6. The lowest BCUT2D eigenvalue weighted by Crippen LogP contribution is -2.20. The first-order chi connectivity index (χ1) is 32.8. The third kappa shape index (κ3) is 9.38. The van der Waals surface area contributed by atoms with Gasteiger partial charge in [-0.25, -0.2) is 65.6 Å². The molecule has 0 radical (unpaired) electrons. The second-order valence-corrected chi connectivity index (χ2v) is 16.1. The van der Waals surface area contributed by atoms with Crippen LogP contribution in [0.2, 0.25) is 0 Å². The third-order valence-corrected chi connectivity index (χ3v) is 11.5. The van der Waals surface area contributed by atoms with E-state index in [0.717, 1.165) is 22.8 Å². The fraction of sp³-hybridized carbons (Fsp3) is 0.250. The van der Waals surface area contributed by atoms with Gasteiger partial charge in [0, 0.05) is 72.7 Å². The molecule has 2 aliphatic rings. The zero-order valence-corrected chi connectivity index (χ0v) is 37.1. The highest BCUT2D eigenvalue weighted by Gasteiger charge is 2.32. The standard InChI is InChI=1S/2C24H21F3N6O/c2*1-14-12-32(13-28-14)20-7-5-16(29-24(20)34-2)6-8-21-30-23-17(4-3-9-33(23)31-21)22-18(26)10-15(25)11-19(22)27/h2*5-8,10-13,17H,3-4,9H2,1-2H3/b2*8-6+/t2*17-/m10/s1. The van der Waals surface area contributed by atoms with E-state index in [4.69, 9.17) is 9.47 Å². The number of pyridine rings is 2. The first-order valence-corrected chi connectivity index (χ1v) is 21.5. The number of benzene rings is 2. The zero-order valence-electron chi connectivity index (χ0n) is 37.1. The molecule has 0 amide bonds. The molecule has 8 heterocycles. The molecule has 0 bridgehead atoms. The monoisotopic (exact) mass is 932 g/mol. The van der Waals surface area contributed by atoms with E-state index in [1.165, 1.54) is 0 Å². The number of nitrogens with zero attached hydrogens (tertiary/aromatic N) is 12. The second kappa shape index (κ2) is 19.1. The molecular weight excluding hydrogens is 891 g/mol. The Labute approximate surface area is 385 Å². The number of fused-ring (bicyclic) bond motifs is 2. The maximum atomic E-state index is 14.4. The fourth-order valence-electron chi connectivity index (χ4n) is 8.40. The number of aromatic nitrogens is 12. The summed E-state index contributed by atoms with van der Waals surface area (Å²) in [4.78, 5) is 26.5. The minimum atomic E-state index is -0.947. The van der Waals surface area contributed by atoms with Gasteiger partial charge in [0.25, 0.3) is 0 Å². The van der Waals surface area contributed by atoms with E-state index in [1.54, 1.807) is 60.5 Å². The predicted octanol–water partition coefficient (Wildman–Crippen LogP) is 9.38. The minimum absolute atomic E-state index is 0.179. The Balaban J connectivity index is 0.000000170. The average molecular weight is 933 g/mol. The molecule has 0 saturated heterocycles. The Morgan fingerprint density at radius 1 is 0.544 bits per heavy atom. The SMILES string of the molecule is COc1nc(/C=C/c2nc3n(n2)CCC[C@@H]3c2c(F)cc(F)cc2F)ccc1-n1cnc(C)c1.COc1nc(/C=C/c2nc3n(n2)CCC[C@H]3c2c(F)cc(F)cc2F)ccc1-n1cnc(C)c1. The molecule has 20 heteroatoms. The van der Waals surface area contributed by atoms with Crippen molar-refractivity contribution in [1.29, 1.82) is 0 Å². The molecule has 0 fully saturated rings. The van der Waals surface area contributed by atoms with Gasteiger partial charge in [-0.2, -0.15) is 10.2 Å². The molecule has 0 N–H and O–H groups in total. The van der Waals surface area contributed by atoms with Crippen LogP contribution in [-0.2, 0) is 13.1 Å². The molecule has 10 rings (SSSR count). The Bertz CT molecular complexity index is 2950. The van der Waals surface area contributed by atoms with Gasteiger partial charge in [-0.05, 0) is 88.1 Å². The Morgan fingerprint density at radius 2 is 0.941 bits per heavy atom. The average Bonchev–Trinajstić information content (AvgIpc) is 4.14. The summed E-state index contributed by atoms with van der Waals surface area (Å²) in [6.45, 7) is 4.97. The highest BCUT2D eigenvalue weighted by molar-refractivity contribution is 5.67. The van der Waals surface area contributed by atoms with Crippen LogP contribution in [0.1, 0.15) is 94.7 Å². The van der Waals surface area contributed by atoms with Crippen LogP contribution in [0.5, 0.6) is 11.8 Å². The fourth-order valence-corrected chi connectivity index (χ4v) is 8.40. The van der Waals surface area contributed by atoms with Crippen molar-refractivity contribution in [3.05, 3.63) is 166 Å². The Hall–Kier alpha value is -7.90. The van der Waals surface area contributed by atoms with Crippen LogP contribution in [-0.4, -0.2) is 72.8 Å². The van der Waals surface area contributed by atoms with Crippen LogP contribution < -0.4 is 9.47 Å². The highest BCUT2D eigenvalue weighted by Crippen LogP contribution is 2.37. The number of hydrogen-bond donors (Lipinski definition) is 0. The number of hydrogen-bond acceptors (Lipinski definition) is 10. The molecule has 14 nitrogen and oxygen atoms in total. The van der Waals surface area contributed by atoms with E-state index < -0.39 is 46.7 Å². The van der Waals surface area contributed by atoms with Crippen LogP contribution in [0.4, 0.5) is 26.3 Å². The molecule has 2 aliphatic heterocycles. The lowest BCUT2D eigenvalue weighted by atomic mass is 9.90. The molecule has 0 spiro atoms. The van der Waals surface area contributed by atoms with Crippen molar-refractivity contribution >= 4 is 24.3 Å². The predicted molar refractivity (Wildman–Crippen MR) is 238 cm³/mol. The van der Waals surface area contributed by atoms with Crippen LogP contribution >= 0.6 is 0 Å². The van der Waals surface area contributed by atoms with E-state index in [2.05, 4.69) is 40.1 Å². The summed E-state index contributed by atoms with van der Waals surface area (Å²) in [6, 6.07) is 10.2. The molecule has 6 aromatic heterocycles. The number of methoxy groups -OCH3 is 2. The normalized spacial score (nSPS) is 15.6. The van der Waals surface area contributed by atoms with Crippen molar-refractivity contribution in [2.45, 2.75) is 64.5 Å². The summed E-state index contributed by atoms with van der Waals surface area (Å²) >= 11 is 0. The van der Waals surface area contributed by atoms with Crippen molar-refractivity contribution in [1.82, 2.24) is 58.6 Å². The largest absolute Gasteiger partial charge is 0.479 e. The topological polar surface area (TPSA) is 141 Å². The van der Waals surface area contributed by atoms with Gasteiger partial charge in [-0.3, -0.25) is 0 Å². The maximum absolute atomic E-state index is 14.4. The van der Waals surface area contributed by atoms with Gasteiger partial charge < -0.3 is 18.6 Å². The molecule has 2 atom stereocenters. The first-order valence-electron chi connectivity index (χ1n) is 21.5. The smallest absolute Gasteiger partial charge is 0.238 e. The van der Waals surface area contributed by atoms with Crippen LogP contribution in [0.3, 0.4) is 0 Å². The van der Waals surface area contributed by atoms with Gasteiger partial charge in [0.15, 0.2) is 11.6 Å². The quantitative estimate of drug-likeness (QED) is 0.122. The number of imidazole rings is 2. The van der Waals surface area contributed by atoms with E-state index in [-0.39, 0.29) is 11.1 Å². The molecule has 8 aromatic rings. The molecule has 68 heavy (non-hydrogen) atoms. The number of rotatable bonds is 10. The van der Waals surface area contributed by atoms with Crippen molar-refractivity contribution in [2.24, 2.45) is 0 Å². The van der Waals surface area contributed by atoms with Gasteiger partial charge in [0.2, 0.25) is 11.8 Å². The van der Waals surface area contributed by atoms with Gasteiger partial charge in [-0.15, -0.1) is 0 Å². The number of halogens is 6. The van der Waals surface area contributed by atoms with Gasteiger partial charge in [-0.1, -0.05) is 0 Å². The Kier molecular flexibility index (Phi) is 12.7. The van der Waals surface area contributed by atoms with E-state index in [0.29, 0.717) is 109 Å². The first kappa shape index (κ1) is 45.3. The second-order valence-electron chi connectivity index (χ2n) is 16.1. The lowest BCUT2D eigenvalue weighted by molar-refractivity contribution is 0.395.